The van der Waals surface area contributed by atoms with E-state index in [4.69, 9.17) is 4.52 Å². The molecule has 3 aliphatic rings. The molecule has 0 aromatic carbocycles. The first kappa shape index (κ1) is 20.3. The van der Waals surface area contributed by atoms with Crippen molar-refractivity contribution in [2.75, 3.05) is 39.8 Å². The van der Waals surface area contributed by atoms with Crippen LogP contribution in [-0.4, -0.2) is 78.6 Å². The Morgan fingerprint density at radius 2 is 1.69 bits per heavy atom. The minimum atomic E-state index is -0.152. The van der Waals surface area contributed by atoms with E-state index >= 15 is 0 Å². The van der Waals surface area contributed by atoms with Gasteiger partial charge < -0.3 is 25.0 Å². The molecule has 160 valence electrons. The van der Waals surface area contributed by atoms with Gasteiger partial charge in [0.1, 0.15) is 5.76 Å². The number of hydrogen-bond donors (Lipinski definition) is 2. The van der Waals surface area contributed by atoms with Crippen molar-refractivity contribution in [3.8, 4) is 0 Å². The van der Waals surface area contributed by atoms with Gasteiger partial charge in [-0.15, -0.1) is 0 Å². The van der Waals surface area contributed by atoms with Crippen LogP contribution in [0.1, 0.15) is 67.1 Å². The van der Waals surface area contributed by atoms with E-state index in [0.717, 1.165) is 77.0 Å². The van der Waals surface area contributed by atoms with Crippen molar-refractivity contribution < 1.29 is 14.1 Å². The summed E-state index contributed by atoms with van der Waals surface area (Å²) in [6, 6.07) is 2.14. The summed E-state index contributed by atoms with van der Waals surface area (Å²) in [7, 11) is 2.14. The summed E-state index contributed by atoms with van der Waals surface area (Å²) in [5.41, 5.74) is 0.381. The second-order valence-corrected chi connectivity index (χ2v) is 8.87. The van der Waals surface area contributed by atoms with Crippen molar-refractivity contribution >= 4 is 11.8 Å². The summed E-state index contributed by atoms with van der Waals surface area (Å²) in [6.07, 6.45) is 6.37. The van der Waals surface area contributed by atoms with Crippen molar-refractivity contribution in [2.45, 2.75) is 62.9 Å². The van der Waals surface area contributed by atoms with Gasteiger partial charge in [-0.3, -0.25) is 9.59 Å². The monoisotopic (exact) mass is 403 g/mol. The molecule has 2 amide bonds. The van der Waals surface area contributed by atoms with Gasteiger partial charge in [0.25, 0.3) is 5.91 Å². The summed E-state index contributed by atoms with van der Waals surface area (Å²) in [5.74, 6) is 1.28. The predicted molar refractivity (Wildman–Crippen MR) is 109 cm³/mol. The van der Waals surface area contributed by atoms with Crippen molar-refractivity contribution in [1.82, 2.24) is 25.6 Å². The molecule has 2 heterocycles. The Bertz CT molecular complexity index is 701. The normalized spacial score (nSPS) is 26.2. The van der Waals surface area contributed by atoms with Crippen molar-refractivity contribution in [3.63, 3.8) is 0 Å². The Balaban J connectivity index is 1.12. The first-order valence-electron chi connectivity index (χ1n) is 11.0. The molecule has 2 N–H and O–H groups in total. The van der Waals surface area contributed by atoms with Crippen LogP contribution in [0.3, 0.4) is 0 Å². The molecule has 1 aliphatic heterocycles. The van der Waals surface area contributed by atoms with E-state index in [1.54, 1.807) is 6.07 Å². The quantitative estimate of drug-likeness (QED) is 0.714. The molecule has 0 spiro atoms. The number of nitrogens with one attached hydrogen (secondary N) is 2. The summed E-state index contributed by atoms with van der Waals surface area (Å²) in [6.45, 7) is 5.08. The highest BCUT2D eigenvalue weighted by Gasteiger charge is 2.30. The highest BCUT2D eigenvalue weighted by atomic mass is 16.5. The van der Waals surface area contributed by atoms with Gasteiger partial charge in [0.15, 0.2) is 5.69 Å². The lowest BCUT2D eigenvalue weighted by molar-refractivity contribution is -0.122. The van der Waals surface area contributed by atoms with Crippen LogP contribution in [0, 0.1) is 0 Å². The minimum absolute atomic E-state index is 0.141. The number of rotatable bonds is 7. The summed E-state index contributed by atoms with van der Waals surface area (Å²) in [4.78, 5) is 29.3. The molecule has 29 heavy (non-hydrogen) atoms. The van der Waals surface area contributed by atoms with Crippen LogP contribution in [0.4, 0.5) is 0 Å². The van der Waals surface area contributed by atoms with Crippen LogP contribution in [0.15, 0.2) is 10.6 Å². The van der Waals surface area contributed by atoms with Crippen molar-refractivity contribution in [2.24, 2.45) is 0 Å². The zero-order valence-electron chi connectivity index (χ0n) is 17.4. The van der Waals surface area contributed by atoms with E-state index in [2.05, 4.69) is 32.6 Å². The van der Waals surface area contributed by atoms with Gasteiger partial charge in [-0.05, 0) is 45.6 Å². The van der Waals surface area contributed by atoms with E-state index in [1.165, 1.54) is 0 Å². The van der Waals surface area contributed by atoms with E-state index in [1.807, 2.05) is 0 Å². The fourth-order valence-corrected chi connectivity index (χ4v) is 4.23. The Hall–Kier alpha value is -1.93. The Kier molecular flexibility index (Phi) is 6.50. The number of carbonyl (C=O) groups is 2. The molecule has 2 aliphatic carbocycles. The average Bonchev–Trinajstić information content (AvgIpc) is 3.45. The van der Waals surface area contributed by atoms with Crippen molar-refractivity contribution in [3.05, 3.63) is 17.5 Å². The highest BCUT2D eigenvalue weighted by Crippen LogP contribution is 2.40. The van der Waals surface area contributed by atoms with Crippen LogP contribution in [-0.2, 0) is 4.79 Å². The molecule has 1 saturated heterocycles. The molecular formula is C21H33N5O3. The van der Waals surface area contributed by atoms with Crippen LogP contribution in [0.25, 0.3) is 0 Å². The zero-order valence-corrected chi connectivity index (χ0v) is 17.4. The molecule has 1 aromatic heterocycles. The number of likely N-dealkylation sites (N-methyl/N-ethyl adjacent to an activating group) is 1. The molecule has 8 heteroatoms. The maximum absolute atomic E-state index is 12.4. The van der Waals surface area contributed by atoms with Gasteiger partial charge in [-0.2, -0.15) is 0 Å². The first-order valence-corrected chi connectivity index (χ1v) is 11.0. The van der Waals surface area contributed by atoms with E-state index < -0.39 is 0 Å². The predicted octanol–water partition coefficient (Wildman–Crippen LogP) is 1.35. The molecule has 0 radical (unpaired) electrons. The average molecular weight is 404 g/mol. The topological polar surface area (TPSA) is 90.7 Å². The van der Waals surface area contributed by atoms with Gasteiger partial charge in [-0.25, -0.2) is 0 Å². The number of carbonyl (C=O) groups excluding carboxylic acids is 2. The van der Waals surface area contributed by atoms with E-state index in [0.29, 0.717) is 18.0 Å². The van der Waals surface area contributed by atoms with Crippen LogP contribution in [0.5, 0.6) is 0 Å². The van der Waals surface area contributed by atoms with E-state index in [9.17, 15) is 9.59 Å². The van der Waals surface area contributed by atoms with Crippen molar-refractivity contribution in [1.29, 1.82) is 0 Å². The lowest BCUT2D eigenvalue weighted by atomic mass is 9.91. The Morgan fingerprint density at radius 1 is 1.03 bits per heavy atom. The summed E-state index contributed by atoms with van der Waals surface area (Å²) >= 11 is 0. The zero-order chi connectivity index (χ0) is 20.2. The molecule has 2 saturated carbocycles. The lowest BCUT2D eigenvalue weighted by Gasteiger charge is -2.32. The SMILES string of the molecule is CN1CCN(CCC(=O)N[C@H]2CC[C@H](NC(=O)c3cc(C4CC4)on3)CC2)CC1. The largest absolute Gasteiger partial charge is 0.360 e. The number of amides is 2. The fraction of sp³-hybridized carbons (Fsp3) is 0.762. The standard InChI is InChI=1S/C21H33N5O3/c1-25-10-12-26(13-11-25)9-8-20(27)22-16-4-6-17(7-5-16)23-21(28)18-14-19(29-24-18)15-2-3-15/h14-17H,2-13H2,1H3,(H,22,27)(H,23,28)/t16-,17-. The number of hydrogen-bond acceptors (Lipinski definition) is 6. The highest BCUT2D eigenvalue weighted by molar-refractivity contribution is 5.92. The lowest BCUT2D eigenvalue weighted by Crippen LogP contribution is -2.46. The molecule has 0 atom stereocenters. The van der Waals surface area contributed by atoms with Crippen LogP contribution in [0.2, 0.25) is 0 Å². The third-order valence-corrected chi connectivity index (χ3v) is 6.42. The minimum Gasteiger partial charge on any atom is -0.360 e. The second-order valence-electron chi connectivity index (χ2n) is 8.87. The van der Waals surface area contributed by atoms with Gasteiger partial charge in [0.05, 0.1) is 0 Å². The molecule has 8 nitrogen and oxygen atoms in total. The molecule has 1 aromatic rings. The van der Waals surface area contributed by atoms with Gasteiger partial charge >= 0.3 is 0 Å². The third-order valence-electron chi connectivity index (χ3n) is 6.42. The molecule has 4 rings (SSSR count). The number of nitrogens with zero attached hydrogens (tertiary/aromatic N) is 3. The first-order chi connectivity index (χ1) is 14.1. The van der Waals surface area contributed by atoms with E-state index in [-0.39, 0.29) is 23.9 Å². The van der Waals surface area contributed by atoms with Crippen LogP contribution < -0.4 is 10.6 Å². The fourth-order valence-electron chi connectivity index (χ4n) is 4.23. The molecule has 3 fully saturated rings. The summed E-state index contributed by atoms with van der Waals surface area (Å²) in [5, 5.41) is 10.2. The third kappa shape index (κ3) is 5.79. The Morgan fingerprint density at radius 3 is 2.34 bits per heavy atom. The second kappa shape index (κ2) is 9.26. The van der Waals surface area contributed by atoms with Gasteiger partial charge in [0.2, 0.25) is 5.91 Å². The molecular weight excluding hydrogens is 370 g/mol. The summed E-state index contributed by atoms with van der Waals surface area (Å²) < 4.78 is 5.27. The Labute approximate surface area is 172 Å². The smallest absolute Gasteiger partial charge is 0.273 e. The maximum atomic E-state index is 12.4. The number of piperazine rings is 1. The maximum Gasteiger partial charge on any atom is 0.273 e. The van der Waals surface area contributed by atoms with Gasteiger partial charge in [-0.1, -0.05) is 5.16 Å². The van der Waals surface area contributed by atoms with Crippen LogP contribution >= 0.6 is 0 Å². The molecule has 0 bridgehead atoms. The molecule has 0 unspecified atom stereocenters. The number of aromatic nitrogens is 1. The van der Waals surface area contributed by atoms with Gasteiger partial charge in [0, 0.05) is 63.2 Å².